The van der Waals surface area contributed by atoms with E-state index in [2.05, 4.69) is 33.9 Å². The molecule has 1 heterocycles. The number of aliphatic hydroxyl groups is 1. The Bertz CT molecular complexity index is 398. The number of β-amino-alcohol motifs (C(OH)–C–C–N with tert-alkyl or cyclic N) is 1. The summed E-state index contributed by atoms with van der Waals surface area (Å²) in [5.41, 5.74) is -0.532. The monoisotopic (exact) mass is 331 g/mol. The van der Waals surface area contributed by atoms with Crippen LogP contribution in [0.2, 0.25) is 18.1 Å². The summed E-state index contributed by atoms with van der Waals surface area (Å²) in [6, 6.07) is 0. The standard InChI is InChI=1S/C16H33NO4Si/c1-15(2,3)20-14(19)17-10-12(18)9-13(11-17)21-22(7,8)16(4,5)6/h12-13,18H,9-11H2,1-8H3/t12-,13+/m1/s1. The summed E-state index contributed by atoms with van der Waals surface area (Å²) >= 11 is 0. The van der Waals surface area contributed by atoms with E-state index < -0.39 is 20.0 Å². The smallest absolute Gasteiger partial charge is 0.410 e. The summed E-state index contributed by atoms with van der Waals surface area (Å²) < 4.78 is 11.8. The van der Waals surface area contributed by atoms with Crippen molar-refractivity contribution in [3.8, 4) is 0 Å². The van der Waals surface area contributed by atoms with Crippen LogP contribution in [0.3, 0.4) is 0 Å². The van der Waals surface area contributed by atoms with E-state index in [9.17, 15) is 9.90 Å². The molecule has 0 aromatic heterocycles. The first-order valence-electron chi connectivity index (χ1n) is 8.05. The molecule has 2 atom stereocenters. The van der Waals surface area contributed by atoms with E-state index in [1.54, 1.807) is 4.90 Å². The lowest BCUT2D eigenvalue weighted by molar-refractivity contribution is -0.0261. The second kappa shape index (κ2) is 6.49. The molecule has 1 aliphatic heterocycles. The van der Waals surface area contributed by atoms with E-state index >= 15 is 0 Å². The second-order valence-electron chi connectivity index (χ2n) is 8.78. The minimum absolute atomic E-state index is 0.103. The molecule has 0 unspecified atom stereocenters. The zero-order valence-electron chi connectivity index (χ0n) is 15.4. The van der Waals surface area contributed by atoms with Gasteiger partial charge in [-0.15, -0.1) is 0 Å². The lowest BCUT2D eigenvalue weighted by Crippen LogP contribution is -2.54. The summed E-state index contributed by atoms with van der Waals surface area (Å²) in [4.78, 5) is 13.8. The van der Waals surface area contributed by atoms with Gasteiger partial charge in [0.1, 0.15) is 5.60 Å². The van der Waals surface area contributed by atoms with Gasteiger partial charge < -0.3 is 19.2 Å². The van der Waals surface area contributed by atoms with Crippen LogP contribution in [0.4, 0.5) is 4.79 Å². The van der Waals surface area contributed by atoms with E-state index in [0.29, 0.717) is 19.5 Å². The number of rotatable bonds is 2. The predicted molar refractivity (Wildman–Crippen MR) is 90.5 cm³/mol. The van der Waals surface area contributed by atoms with Gasteiger partial charge in [0.2, 0.25) is 0 Å². The van der Waals surface area contributed by atoms with E-state index in [1.807, 2.05) is 20.8 Å². The maximum Gasteiger partial charge on any atom is 0.410 e. The van der Waals surface area contributed by atoms with Crippen molar-refractivity contribution in [1.29, 1.82) is 0 Å². The number of amides is 1. The molecule has 1 N–H and O–H groups in total. The highest BCUT2D eigenvalue weighted by molar-refractivity contribution is 6.74. The van der Waals surface area contributed by atoms with Gasteiger partial charge >= 0.3 is 6.09 Å². The molecule has 1 rings (SSSR count). The highest BCUT2D eigenvalue weighted by atomic mass is 28.4. The lowest BCUT2D eigenvalue weighted by atomic mass is 10.1. The summed E-state index contributed by atoms with van der Waals surface area (Å²) in [6.07, 6.45) is -0.491. The maximum absolute atomic E-state index is 12.2. The first-order valence-corrected chi connectivity index (χ1v) is 11.0. The Morgan fingerprint density at radius 2 is 1.68 bits per heavy atom. The molecule has 0 saturated carbocycles. The average Bonchev–Trinajstić information content (AvgIpc) is 2.23. The van der Waals surface area contributed by atoms with Crippen LogP contribution < -0.4 is 0 Å². The van der Waals surface area contributed by atoms with Gasteiger partial charge in [0.25, 0.3) is 0 Å². The molecule has 1 aliphatic rings. The summed E-state index contributed by atoms with van der Waals surface area (Å²) in [5.74, 6) is 0. The quantitative estimate of drug-likeness (QED) is 0.788. The third-order valence-electron chi connectivity index (χ3n) is 4.31. The first-order chi connectivity index (χ1) is 9.71. The highest BCUT2D eigenvalue weighted by Crippen LogP contribution is 2.38. The Hall–Kier alpha value is -0.593. The molecule has 0 spiro atoms. The van der Waals surface area contributed by atoms with E-state index in [4.69, 9.17) is 9.16 Å². The topological polar surface area (TPSA) is 59.0 Å². The summed E-state index contributed by atoms with van der Waals surface area (Å²) in [7, 11) is -1.92. The summed E-state index contributed by atoms with van der Waals surface area (Å²) in [5, 5.41) is 10.2. The Morgan fingerprint density at radius 1 is 1.14 bits per heavy atom. The van der Waals surface area contributed by atoms with Crippen molar-refractivity contribution in [2.45, 2.75) is 83.9 Å². The number of aliphatic hydroxyl groups excluding tert-OH is 1. The average molecular weight is 332 g/mol. The van der Waals surface area contributed by atoms with Crippen LogP contribution in [-0.2, 0) is 9.16 Å². The van der Waals surface area contributed by atoms with Gasteiger partial charge in [0.05, 0.1) is 18.8 Å². The number of carbonyl (C=O) groups is 1. The Kier molecular flexibility index (Phi) is 5.74. The number of piperidine rings is 1. The Morgan fingerprint density at radius 3 is 2.14 bits per heavy atom. The van der Waals surface area contributed by atoms with E-state index in [-0.39, 0.29) is 17.2 Å². The molecule has 130 valence electrons. The minimum atomic E-state index is -1.92. The number of likely N-dealkylation sites (tertiary alicyclic amines) is 1. The molecular formula is C16H33NO4Si. The predicted octanol–water partition coefficient (Wildman–Crippen LogP) is 3.38. The van der Waals surface area contributed by atoms with Gasteiger partial charge in [-0.05, 0) is 38.9 Å². The highest BCUT2D eigenvalue weighted by Gasteiger charge is 2.41. The van der Waals surface area contributed by atoms with Gasteiger partial charge in [-0.1, -0.05) is 20.8 Å². The van der Waals surface area contributed by atoms with Crippen LogP contribution in [0, 0.1) is 0 Å². The van der Waals surface area contributed by atoms with Crippen LogP contribution in [0.1, 0.15) is 48.0 Å². The summed E-state index contributed by atoms with van der Waals surface area (Å²) in [6.45, 7) is 17.2. The van der Waals surface area contributed by atoms with Gasteiger partial charge in [-0.2, -0.15) is 0 Å². The number of carbonyl (C=O) groups excluding carboxylic acids is 1. The molecule has 5 nitrogen and oxygen atoms in total. The van der Waals surface area contributed by atoms with Gasteiger partial charge in [-0.3, -0.25) is 0 Å². The fourth-order valence-corrected chi connectivity index (χ4v) is 3.54. The van der Waals surface area contributed by atoms with Crippen LogP contribution in [0.5, 0.6) is 0 Å². The number of nitrogens with zero attached hydrogens (tertiary/aromatic N) is 1. The van der Waals surface area contributed by atoms with Crippen LogP contribution in [-0.4, -0.2) is 55.3 Å². The van der Waals surface area contributed by atoms with Crippen LogP contribution in [0.25, 0.3) is 0 Å². The van der Waals surface area contributed by atoms with Gasteiger partial charge in [-0.25, -0.2) is 4.79 Å². The molecule has 0 aromatic carbocycles. The molecule has 0 radical (unpaired) electrons. The SMILES string of the molecule is CC(C)(C)OC(=O)N1C[C@H](O)C[C@H](O[Si](C)(C)C(C)(C)C)C1. The third kappa shape index (κ3) is 5.55. The van der Waals surface area contributed by atoms with E-state index in [0.717, 1.165) is 0 Å². The Labute approximate surface area is 136 Å². The van der Waals surface area contributed by atoms with Crippen molar-refractivity contribution < 1.29 is 19.1 Å². The third-order valence-corrected chi connectivity index (χ3v) is 8.84. The van der Waals surface area contributed by atoms with E-state index in [1.165, 1.54) is 0 Å². The lowest BCUT2D eigenvalue weighted by Gasteiger charge is -2.43. The van der Waals surface area contributed by atoms with Crippen molar-refractivity contribution in [3.05, 3.63) is 0 Å². The molecule has 1 amide bonds. The van der Waals surface area contributed by atoms with Crippen molar-refractivity contribution >= 4 is 14.4 Å². The normalized spacial score (nSPS) is 24.3. The maximum atomic E-state index is 12.2. The van der Waals surface area contributed by atoms with Crippen LogP contribution >= 0.6 is 0 Å². The zero-order chi connectivity index (χ0) is 17.3. The number of hydrogen-bond donors (Lipinski definition) is 1. The molecule has 1 fully saturated rings. The molecule has 22 heavy (non-hydrogen) atoms. The molecule has 1 saturated heterocycles. The molecule has 0 aromatic rings. The fourth-order valence-electron chi connectivity index (χ4n) is 2.18. The molecule has 0 bridgehead atoms. The van der Waals surface area contributed by atoms with Crippen molar-refractivity contribution in [2.75, 3.05) is 13.1 Å². The van der Waals surface area contributed by atoms with Gasteiger partial charge in [0.15, 0.2) is 8.32 Å². The van der Waals surface area contributed by atoms with Gasteiger partial charge in [0, 0.05) is 13.0 Å². The second-order valence-corrected chi connectivity index (χ2v) is 13.5. The molecular weight excluding hydrogens is 298 g/mol. The van der Waals surface area contributed by atoms with Crippen LogP contribution in [0.15, 0.2) is 0 Å². The van der Waals surface area contributed by atoms with Crippen molar-refractivity contribution in [1.82, 2.24) is 4.90 Å². The van der Waals surface area contributed by atoms with Crippen molar-refractivity contribution in [3.63, 3.8) is 0 Å². The fraction of sp³-hybridized carbons (Fsp3) is 0.938. The molecule has 0 aliphatic carbocycles. The first kappa shape index (κ1) is 19.5. The number of ether oxygens (including phenoxy) is 1. The zero-order valence-corrected chi connectivity index (χ0v) is 16.4. The number of hydrogen-bond acceptors (Lipinski definition) is 4. The minimum Gasteiger partial charge on any atom is -0.444 e. The molecule has 6 heteroatoms. The largest absolute Gasteiger partial charge is 0.444 e. The van der Waals surface area contributed by atoms with Crippen molar-refractivity contribution in [2.24, 2.45) is 0 Å². The Balaban J connectivity index is 2.74.